The predicted molar refractivity (Wildman–Crippen MR) is 64.8 cm³/mol. The van der Waals surface area contributed by atoms with Crippen LogP contribution in [0.2, 0.25) is 0 Å². The van der Waals surface area contributed by atoms with Gasteiger partial charge in [-0.15, -0.1) is 0 Å². The zero-order valence-corrected chi connectivity index (χ0v) is 10.6. The summed E-state index contributed by atoms with van der Waals surface area (Å²) >= 11 is 3.33. The summed E-state index contributed by atoms with van der Waals surface area (Å²) in [6, 6.07) is 5.51. The lowest BCUT2D eigenvalue weighted by Crippen LogP contribution is -2.05. The van der Waals surface area contributed by atoms with E-state index in [9.17, 15) is 9.59 Å². The van der Waals surface area contributed by atoms with Crippen molar-refractivity contribution < 1.29 is 14.3 Å². The van der Waals surface area contributed by atoms with E-state index < -0.39 is 0 Å². The van der Waals surface area contributed by atoms with Gasteiger partial charge >= 0.3 is 5.97 Å². The van der Waals surface area contributed by atoms with Crippen molar-refractivity contribution in [3.63, 3.8) is 0 Å². The van der Waals surface area contributed by atoms with Crippen LogP contribution >= 0.6 is 15.9 Å². The molecule has 3 nitrogen and oxygen atoms in total. The van der Waals surface area contributed by atoms with Gasteiger partial charge in [-0.05, 0) is 23.6 Å². The molecule has 16 heavy (non-hydrogen) atoms. The fourth-order valence-corrected chi connectivity index (χ4v) is 1.91. The fraction of sp³-hybridized carbons (Fsp3) is 0.333. The molecule has 0 fully saturated rings. The van der Waals surface area contributed by atoms with E-state index in [-0.39, 0.29) is 5.97 Å². The van der Waals surface area contributed by atoms with Gasteiger partial charge < -0.3 is 9.53 Å². The lowest BCUT2D eigenvalue weighted by atomic mass is 10.0. The van der Waals surface area contributed by atoms with Gasteiger partial charge in [0.05, 0.1) is 12.7 Å². The van der Waals surface area contributed by atoms with E-state index in [4.69, 9.17) is 0 Å². The summed E-state index contributed by atoms with van der Waals surface area (Å²) in [5.74, 6) is -0.337. The first-order valence-corrected chi connectivity index (χ1v) is 6.04. The Morgan fingerprint density at radius 1 is 1.50 bits per heavy atom. The number of methoxy groups -OCH3 is 1. The molecule has 0 aliphatic rings. The fourth-order valence-electron chi connectivity index (χ4n) is 1.45. The van der Waals surface area contributed by atoms with E-state index in [1.54, 1.807) is 6.07 Å². The second-order valence-corrected chi connectivity index (χ2v) is 3.88. The molecule has 1 rings (SSSR count). The highest BCUT2D eigenvalue weighted by Crippen LogP contribution is 2.17. The summed E-state index contributed by atoms with van der Waals surface area (Å²) < 4.78 is 4.68. The van der Waals surface area contributed by atoms with Gasteiger partial charge in [0.1, 0.15) is 6.29 Å². The Hall–Kier alpha value is -1.16. The number of rotatable bonds is 5. The van der Waals surface area contributed by atoms with E-state index in [1.165, 1.54) is 7.11 Å². The number of alkyl halides is 1. The highest BCUT2D eigenvalue weighted by molar-refractivity contribution is 9.08. The molecule has 0 N–H and O–H groups in total. The minimum atomic E-state index is -0.337. The number of esters is 1. The van der Waals surface area contributed by atoms with E-state index in [0.717, 1.165) is 17.4 Å². The van der Waals surface area contributed by atoms with Crippen LogP contribution < -0.4 is 0 Å². The molecule has 1 aromatic rings. The molecule has 0 bridgehead atoms. The molecule has 4 heteroatoms. The molecule has 0 unspecified atom stereocenters. The molecule has 0 aromatic heterocycles. The summed E-state index contributed by atoms with van der Waals surface area (Å²) in [7, 11) is 1.36. The van der Waals surface area contributed by atoms with Crippen LogP contribution in [0, 0.1) is 0 Å². The third-order valence-corrected chi connectivity index (χ3v) is 2.87. The number of aryl methyl sites for hydroxylation is 1. The summed E-state index contributed by atoms with van der Waals surface area (Å²) in [6.45, 7) is 0. The lowest BCUT2D eigenvalue weighted by molar-refractivity contribution is -0.107. The molecule has 0 heterocycles. The standard InChI is InChI=1S/C12H13BrO3/c1-16-12(15)11-5-4-9(3-2-6-14)7-10(11)8-13/h4-7H,2-3,8H2,1H3. The molecule has 0 radical (unpaired) electrons. The largest absolute Gasteiger partial charge is 0.465 e. The molecule has 0 saturated carbocycles. The number of halogens is 1. The van der Waals surface area contributed by atoms with E-state index in [0.29, 0.717) is 23.7 Å². The Balaban J connectivity index is 2.96. The Morgan fingerprint density at radius 2 is 2.25 bits per heavy atom. The zero-order chi connectivity index (χ0) is 12.0. The maximum atomic E-state index is 11.4. The van der Waals surface area contributed by atoms with Crippen molar-refractivity contribution in [1.82, 2.24) is 0 Å². The van der Waals surface area contributed by atoms with Gasteiger partial charge in [0, 0.05) is 11.8 Å². The molecular weight excluding hydrogens is 272 g/mol. The van der Waals surface area contributed by atoms with Gasteiger partial charge in [0.25, 0.3) is 0 Å². The number of benzene rings is 1. The number of hydrogen-bond acceptors (Lipinski definition) is 3. The van der Waals surface area contributed by atoms with Crippen molar-refractivity contribution in [2.45, 2.75) is 18.2 Å². The summed E-state index contributed by atoms with van der Waals surface area (Å²) in [5.41, 5.74) is 2.50. The third kappa shape index (κ3) is 3.17. The van der Waals surface area contributed by atoms with Crippen LogP contribution in [0.1, 0.15) is 27.9 Å². The Kier molecular flexibility index (Phi) is 5.19. The van der Waals surface area contributed by atoms with Gasteiger partial charge in [0.2, 0.25) is 0 Å². The van der Waals surface area contributed by atoms with Crippen LogP contribution in [0.3, 0.4) is 0 Å². The number of carbonyl (C=O) groups is 2. The summed E-state index contributed by atoms with van der Waals surface area (Å²) in [5, 5.41) is 0.590. The molecule has 86 valence electrons. The predicted octanol–water partition coefficient (Wildman–Crippen LogP) is 2.50. The number of carbonyl (C=O) groups excluding carboxylic acids is 2. The molecular formula is C12H13BrO3. The van der Waals surface area contributed by atoms with Gasteiger partial charge in [-0.1, -0.05) is 28.1 Å². The van der Waals surface area contributed by atoms with Crippen LogP contribution in [0.15, 0.2) is 18.2 Å². The van der Waals surface area contributed by atoms with Gasteiger partial charge in [0.15, 0.2) is 0 Å². The molecule has 0 aliphatic heterocycles. The van der Waals surface area contributed by atoms with Crippen LogP contribution in [0.5, 0.6) is 0 Å². The first kappa shape index (κ1) is 12.9. The van der Waals surface area contributed by atoms with Crippen molar-refractivity contribution in [1.29, 1.82) is 0 Å². The molecule has 0 saturated heterocycles. The molecule has 1 aromatic carbocycles. The monoisotopic (exact) mass is 284 g/mol. The smallest absolute Gasteiger partial charge is 0.338 e. The first-order chi connectivity index (χ1) is 7.72. The number of hydrogen-bond donors (Lipinski definition) is 0. The molecule has 0 spiro atoms. The summed E-state index contributed by atoms with van der Waals surface area (Å²) in [4.78, 5) is 21.7. The minimum absolute atomic E-state index is 0.337. The van der Waals surface area contributed by atoms with Crippen molar-refractivity contribution in [3.8, 4) is 0 Å². The van der Waals surface area contributed by atoms with E-state index in [1.807, 2.05) is 12.1 Å². The van der Waals surface area contributed by atoms with E-state index in [2.05, 4.69) is 20.7 Å². The highest BCUT2D eigenvalue weighted by Gasteiger charge is 2.11. The first-order valence-electron chi connectivity index (χ1n) is 4.92. The van der Waals surface area contributed by atoms with Crippen molar-refractivity contribution in [3.05, 3.63) is 34.9 Å². The Morgan fingerprint density at radius 3 is 2.81 bits per heavy atom. The van der Waals surface area contributed by atoms with Crippen molar-refractivity contribution in [2.24, 2.45) is 0 Å². The third-order valence-electron chi connectivity index (χ3n) is 2.27. The Labute approximate surface area is 103 Å². The van der Waals surface area contributed by atoms with Gasteiger partial charge in [-0.25, -0.2) is 4.79 Å². The molecule has 0 atom stereocenters. The number of aldehydes is 1. The van der Waals surface area contributed by atoms with Crippen LogP contribution in [0.25, 0.3) is 0 Å². The van der Waals surface area contributed by atoms with Crippen LogP contribution in [0.4, 0.5) is 0 Å². The minimum Gasteiger partial charge on any atom is -0.465 e. The normalized spacial score (nSPS) is 9.88. The van der Waals surface area contributed by atoms with Crippen LogP contribution in [-0.2, 0) is 21.3 Å². The quantitative estimate of drug-likeness (QED) is 0.474. The topological polar surface area (TPSA) is 43.4 Å². The van der Waals surface area contributed by atoms with Gasteiger partial charge in [-0.3, -0.25) is 0 Å². The van der Waals surface area contributed by atoms with Crippen LogP contribution in [-0.4, -0.2) is 19.4 Å². The lowest BCUT2D eigenvalue weighted by Gasteiger charge is -2.07. The summed E-state index contributed by atoms with van der Waals surface area (Å²) in [6.07, 6.45) is 2.09. The maximum absolute atomic E-state index is 11.4. The highest BCUT2D eigenvalue weighted by atomic mass is 79.9. The SMILES string of the molecule is COC(=O)c1ccc(CCC=O)cc1CBr. The molecule has 0 amide bonds. The molecule has 0 aliphatic carbocycles. The Bertz CT molecular complexity index is 388. The average molecular weight is 285 g/mol. The maximum Gasteiger partial charge on any atom is 0.338 e. The van der Waals surface area contributed by atoms with E-state index >= 15 is 0 Å². The average Bonchev–Trinajstić information content (AvgIpc) is 2.34. The zero-order valence-electron chi connectivity index (χ0n) is 9.03. The second kappa shape index (κ2) is 6.43. The van der Waals surface area contributed by atoms with Crippen molar-refractivity contribution >= 4 is 28.2 Å². The van der Waals surface area contributed by atoms with Crippen molar-refractivity contribution in [2.75, 3.05) is 7.11 Å². The second-order valence-electron chi connectivity index (χ2n) is 3.32. The number of ether oxygens (including phenoxy) is 1. The van der Waals surface area contributed by atoms with Gasteiger partial charge in [-0.2, -0.15) is 0 Å².